The van der Waals surface area contributed by atoms with E-state index in [9.17, 15) is 14.4 Å². The molecule has 23 heavy (non-hydrogen) atoms. The third-order valence-electron chi connectivity index (χ3n) is 3.46. The molecule has 1 fully saturated rings. The largest absolute Gasteiger partial charge is 0.354 e. The van der Waals surface area contributed by atoms with Crippen LogP contribution < -0.4 is 10.6 Å². The molecule has 1 aromatic rings. The first-order chi connectivity index (χ1) is 10.8. The van der Waals surface area contributed by atoms with Crippen LogP contribution in [-0.2, 0) is 9.59 Å². The second kappa shape index (κ2) is 6.81. The van der Waals surface area contributed by atoms with Crippen LogP contribution in [0.15, 0.2) is 30.3 Å². The molecule has 6 heteroatoms. The fourth-order valence-electron chi connectivity index (χ4n) is 2.49. The summed E-state index contributed by atoms with van der Waals surface area (Å²) < 4.78 is 0. The lowest BCUT2D eigenvalue weighted by atomic mass is 10.1. The molecule has 3 amide bonds. The zero-order chi connectivity index (χ0) is 17.0. The summed E-state index contributed by atoms with van der Waals surface area (Å²) in [6.45, 7) is 6.32. The quantitative estimate of drug-likeness (QED) is 0.797. The SMILES string of the molecule is CC(C)(C)NC(=O)C1C(=O)NCCCN1C(=O)c1ccccc1. The molecule has 0 saturated carbocycles. The highest BCUT2D eigenvalue weighted by Gasteiger charge is 2.38. The number of amides is 3. The van der Waals surface area contributed by atoms with Gasteiger partial charge in [0.05, 0.1) is 0 Å². The summed E-state index contributed by atoms with van der Waals surface area (Å²) in [4.78, 5) is 39.0. The lowest BCUT2D eigenvalue weighted by Gasteiger charge is -2.30. The summed E-state index contributed by atoms with van der Waals surface area (Å²) in [5.41, 5.74) is -0.0127. The molecule has 1 aliphatic heterocycles. The fraction of sp³-hybridized carbons (Fsp3) is 0.471. The van der Waals surface area contributed by atoms with Gasteiger partial charge in [0, 0.05) is 24.2 Å². The van der Waals surface area contributed by atoms with Crippen LogP contribution in [0.4, 0.5) is 0 Å². The maximum Gasteiger partial charge on any atom is 0.254 e. The van der Waals surface area contributed by atoms with Crippen LogP contribution in [0, 0.1) is 0 Å². The molecule has 124 valence electrons. The molecule has 0 spiro atoms. The fourth-order valence-corrected chi connectivity index (χ4v) is 2.49. The summed E-state index contributed by atoms with van der Waals surface area (Å²) >= 11 is 0. The molecule has 0 bridgehead atoms. The normalized spacial score (nSPS) is 18.8. The van der Waals surface area contributed by atoms with Crippen LogP contribution in [0.3, 0.4) is 0 Å². The molecule has 0 aromatic heterocycles. The van der Waals surface area contributed by atoms with Gasteiger partial charge in [-0.2, -0.15) is 0 Å². The molecule has 1 heterocycles. The van der Waals surface area contributed by atoms with Crippen LogP contribution in [-0.4, -0.2) is 47.3 Å². The van der Waals surface area contributed by atoms with Gasteiger partial charge in [0.2, 0.25) is 0 Å². The Morgan fingerprint density at radius 2 is 1.87 bits per heavy atom. The lowest BCUT2D eigenvalue weighted by molar-refractivity contribution is -0.136. The molecule has 0 radical (unpaired) electrons. The van der Waals surface area contributed by atoms with Gasteiger partial charge in [-0.3, -0.25) is 14.4 Å². The summed E-state index contributed by atoms with van der Waals surface area (Å²) in [7, 11) is 0. The summed E-state index contributed by atoms with van der Waals surface area (Å²) in [5.74, 6) is -1.20. The predicted octanol–water partition coefficient (Wildman–Crippen LogP) is 0.932. The second-order valence-electron chi connectivity index (χ2n) is 6.65. The van der Waals surface area contributed by atoms with Crippen molar-refractivity contribution in [3.63, 3.8) is 0 Å². The van der Waals surface area contributed by atoms with Gasteiger partial charge in [0.1, 0.15) is 0 Å². The Balaban J connectivity index is 2.31. The van der Waals surface area contributed by atoms with Gasteiger partial charge in [-0.15, -0.1) is 0 Å². The molecule has 1 atom stereocenters. The summed E-state index contributed by atoms with van der Waals surface area (Å²) in [6.07, 6.45) is 0.615. The van der Waals surface area contributed by atoms with E-state index < -0.39 is 23.4 Å². The van der Waals surface area contributed by atoms with Gasteiger partial charge >= 0.3 is 0 Å². The Hall–Kier alpha value is -2.37. The van der Waals surface area contributed by atoms with E-state index in [4.69, 9.17) is 0 Å². The van der Waals surface area contributed by atoms with Gasteiger partial charge in [-0.25, -0.2) is 0 Å². The van der Waals surface area contributed by atoms with Crippen molar-refractivity contribution in [1.82, 2.24) is 15.5 Å². The van der Waals surface area contributed by atoms with Gasteiger partial charge in [0.25, 0.3) is 17.7 Å². The molecule has 6 nitrogen and oxygen atoms in total. The number of carbonyl (C=O) groups excluding carboxylic acids is 3. The van der Waals surface area contributed by atoms with E-state index in [-0.39, 0.29) is 5.91 Å². The second-order valence-corrected chi connectivity index (χ2v) is 6.65. The first-order valence-electron chi connectivity index (χ1n) is 7.75. The van der Waals surface area contributed by atoms with E-state index in [1.807, 2.05) is 26.8 Å². The lowest BCUT2D eigenvalue weighted by Crippen LogP contribution is -2.58. The van der Waals surface area contributed by atoms with E-state index in [1.54, 1.807) is 24.3 Å². The molecule has 1 unspecified atom stereocenters. The van der Waals surface area contributed by atoms with E-state index in [0.717, 1.165) is 0 Å². The number of rotatable bonds is 2. The minimum absolute atomic E-state index is 0.309. The third-order valence-corrected chi connectivity index (χ3v) is 3.46. The van der Waals surface area contributed by atoms with Crippen molar-refractivity contribution in [3.8, 4) is 0 Å². The Morgan fingerprint density at radius 3 is 2.48 bits per heavy atom. The highest BCUT2D eigenvalue weighted by Crippen LogP contribution is 2.13. The summed E-state index contributed by atoms with van der Waals surface area (Å²) in [5, 5.41) is 5.49. The van der Waals surface area contributed by atoms with Crippen molar-refractivity contribution in [2.75, 3.05) is 13.1 Å². The third kappa shape index (κ3) is 4.31. The monoisotopic (exact) mass is 317 g/mol. The number of hydrogen-bond donors (Lipinski definition) is 2. The number of hydrogen-bond acceptors (Lipinski definition) is 3. The maximum absolute atomic E-state index is 12.7. The molecule has 1 aromatic carbocycles. The Bertz CT molecular complexity index is 593. The van der Waals surface area contributed by atoms with Crippen molar-refractivity contribution < 1.29 is 14.4 Å². The smallest absolute Gasteiger partial charge is 0.254 e. The Morgan fingerprint density at radius 1 is 1.22 bits per heavy atom. The van der Waals surface area contributed by atoms with Crippen molar-refractivity contribution in [3.05, 3.63) is 35.9 Å². The molecular formula is C17H23N3O3. The van der Waals surface area contributed by atoms with Crippen molar-refractivity contribution >= 4 is 17.7 Å². The first kappa shape index (κ1) is 17.0. The van der Waals surface area contributed by atoms with Gasteiger partial charge < -0.3 is 15.5 Å². The molecule has 1 aliphatic rings. The van der Waals surface area contributed by atoms with Gasteiger partial charge in [0.15, 0.2) is 6.04 Å². The van der Waals surface area contributed by atoms with Crippen LogP contribution in [0.5, 0.6) is 0 Å². The van der Waals surface area contributed by atoms with Crippen LogP contribution in [0.2, 0.25) is 0 Å². The topological polar surface area (TPSA) is 78.5 Å². The average Bonchev–Trinajstić information content (AvgIpc) is 2.67. The van der Waals surface area contributed by atoms with E-state index in [2.05, 4.69) is 10.6 Å². The van der Waals surface area contributed by atoms with Crippen LogP contribution >= 0.6 is 0 Å². The van der Waals surface area contributed by atoms with E-state index >= 15 is 0 Å². The number of nitrogens with one attached hydrogen (secondary N) is 2. The van der Waals surface area contributed by atoms with Gasteiger partial charge in [-0.05, 0) is 39.3 Å². The number of carbonyl (C=O) groups is 3. The zero-order valence-corrected chi connectivity index (χ0v) is 13.8. The van der Waals surface area contributed by atoms with E-state index in [0.29, 0.717) is 25.1 Å². The number of benzene rings is 1. The van der Waals surface area contributed by atoms with Gasteiger partial charge in [-0.1, -0.05) is 18.2 Å². The van der Waals surface area contributed by atoms with Crippen molar-refractivity contribution in [1.29, 1.82) is 0 Å². The highest BCUT2D eigenvalue weighted by molar-refractivity contribution is 6.09. The maximum atomic E-state index is 12.7. The summed E-state index contributed by atoms with van der Waals surface area (Å²) in [6, 6.07) is 7.55. The molecule has 2 N–H and O–H groups in total. The highest BCUT2D eigenvalue weighted by atomic mass is 16.2. The Kier molecular flexibility index (Phi) is 5.03. The minimum Gasteiger partial charge on any atom is -0.354 e. The van der Waals surface area contributed by atoms with Crippen molar-refractivity contribution in [2.24, 2.45) is 0 Å². The predicted molar refractivity (Wildman–Crippen MR) is 86.8 cm³/mol. The van der Waals surface area contributed by atoms with Crippen molar-refractivity contribution in [2.45, 2.75) is 38.8 Å². The molecular weight excluding hydrogens is 294 g/mol. The first-order valence-corrected chi connectivity index (χ1v) is 7.75. The van der Waals surface area contributed by atoms with E-state index in [1.165, 1.54) is 4.90 Å². The minimum atomic E-state index is -1.15. The van der Waals surface area contributed by atoms with Crippen LogP contribution in [0.25, 0.3) is 0 Å². The number of nitrogens with zero attached hydrogens (tertiary/aromatic N) is 1. The Labute approximate surface area is 136 Å². The molecule has 1 saturated heterocycles. The van der Waals surface area contributed by atoms with Crippen LogP contribution in [0.1, 0.15) is 37.6 Å². The molecule has 2 rings (SSSR count). The standard InChI is InChI=1S/C17H23N3O3/c1-17(2,3)19-15(22)13-14(21)18-10-7-11-20(13)16(23)12-8-5-4-6-9-12/h4-6,8-9,13H,7,10-11H2,1-3H3,(H,18,21)(H,19,22). The molecule has 0 aliphatic carbocycles. The average molecular weight is 317 g/mol. The zero-order valence-electron chi connectivity index (χ0n) is 13.8.